The second kappa shape index (κ2) is 9.12. The molecule has 0 aliphatic heterocycles. The number of nitrogens with one attached hydrogen (secondary N) is 2. The Labute approximate surface area is 160 Å². The largest absolute Gasteiger partial charge is 0.497 e. The van der Waals surface area contributed by atoms with Crippen molar-refractivity contribution in [3.63, 3.8) is 0 Å². The Balaban J connectivity index is 2.18. The van der Waals surface area contributed by atoms with E-state index in [1.807, 2.05) is 0 Å². The molecule has 0 spiro atoms. The Bertz CT molecular complexity index is 836. The second-order valence-electron chi connectivity index (χ2n) is 5.00. The number of methoxy groups -OCH3 is 2. The average molecular weight is 395 g/mol. The van der Waals surface area contributed by atoms with Crippen LogP contribution in [0.15, 0.2) is 54.4 Å². The molecule has 0 radical (unpaired) electrons. The second-order valence-corrected chi connectivity index (χ2v) is 5.84. The number of ether oxygens (including phenoxy) is 2. The van der Waals surface area contributed by atoms with Crippen LogP contribution in [0.1, 0.15) is 10.4 Å². The molecule has 26 heavy (non-hydrogen) atoms. The summed E-state index contributed by atoms with van der Waals surface area (Å²) in [7, 11) is 2.78. The molecule has 8 heteroatoms. The predicted octanol–water partition coefficient (Wildman–Crippen LogP) is 3.86. The molecule has 1 amide bonds. The molecule has 2 N–H and O–H groups in total. The maximum atomic E-state index is 12.4. The summed E-state index contributed by atoms with van der Waals surface area (Å²) in [6, 6.07) is 11.4. The lowest BCUT2D eigenvalue weighted by atomic mass is 10.2. The molecule has 0 saturated carbocycles. The van der Waals surface area contributed by atoms with Crippen molar-refractivity contribution in [2.75, 3.05) is 19.5 Å². The van der Waals surface area contributed by atoms with Crippen molar-refractivity contribution < 1.29 is 19.1 Å². The molecule has 6 nitrogen and oxygen atoms in total. The number of hydrogen-bond donors (Lipinski definition) is 2. The topological polar surface area (TPSA) is 76.7 Å². The standard InChI is InChI=1S/C18H16Cl2N2O4/c1-25-13-6-4-12(5-7-13)21-10-16(18(24)26-2)22-17(23)14-8-3-11(19)9-15(14)20/h3-10,21H,1-2H3,(H,22,23)/b16-10-. The third kappa shape index (κ3) is 5.15. The summed E-state index contributed by atoms with van der Waals surface area (Å²) in [5.74, 6) is -0.595. The zero-order chi connectivity index (χ0) is 19.1. The lowest BCUT2D eigenvalue weighted by Crippen LogP contribution is -2.29. The Morgan fingerprint density at radius 3 is 2.31 bits per heavy atom. The predicted molar refractivity (Wildman–Crippen MR) is 101 cm³/mol. The van der Waals surface area contributed by atoms with Gasteiger partial charge in [0.05, 0.1) is 24.8 Å². The van der Waals surface area contributed by atoms with Crippen molar-refractivity contribution in [2.24, 2.45) is 0 Å². The van der Waals surface area contributed by atoms with Crippen LogP contribution in [0.25, 0.3) is 0 Å². The summed E-state index contributed by atoms with van der Waals surface area (Å²) >= 11 is 11.8. The first kappa shape index (κ1) is 19.6. The fourth-order valence-electron chi connectivity index (χ4n) is 1.96. The quantitative estimate of drug-likeness (QED) is 0.574. The summed E-state index contributed by atoms with van der Waals surface area (Å²) in [6.07, 6.45) is 1.33. The van der Waals surface area contributed by atoms with Crippen LogP contribution in [0.2, 0.25) is 10.0 Å². The van der Waals surface area contributed by atoms with E-state index < -0.39 is 11.9 Å². The Morgan fingerprint density at radius 1 is 1.04 bits per heavy atom. The van der Waals surface area contributed by atoms with Crippen molar-refractivity contribution >= 4 is 40.8 Å². The minimum atomic E-state index is -0.718. The number of halogens is 2. The number of esters is 1. The van der Waals surface area contributed by atoms with Gasteiger partial charge in [-0.2, -0.15) is 0 Å². The molecule has 0 atom stereocenters. The maximum absolute atomic E-state index is 12.4. The highest BCUT2D eigenvalue weighted by Crippen LogP contribution is 2.21. The number of benzene rings is 2. The van der Waals surface area contributed by atoms with Crippen molar-refractivity contribution in [2.45, 2.75) is 0 Å². The van der Waals surface area contributed by atoms with Crippen molar-refractivity contribution in [1.29, 1.82) is 0 Å². The first-order valence-electron chi connectivity index (χ1n) is 7.40. The number of hydrogen-bond acceptors (Lipinski definition) is 5. The van der Waals surface area contributed by atoms with E-state index >= 15 is 0 Å². The molecule has 0 aliphatic rings. The van der Waals surface area contributed by atoms with Gasteiger partial charge >= 0.3 is 5.97 Å². The van der Waals surface area contributed by atoms with Gasteiger partial charge in [0.1, 0.15) is 11.4 Å². The minimum Gasteiger partial charge on any atom is -0.497 e. The molecule has 0 aromatic heterocycles. The third-order valence-corrected chi connectivity index (χ3v) is 3.85. The number of anilines is 1. The fourth-order valence-corrected chi connectivity index (χ4v) is 2.46. The van der Waals surface area contributed by atoms with Gasteiger partial charge in [-0.1, -0.05) is 23.2 Å². The summed E-state index contributed by atoms with van der Waals surface area (Å²) in [6.45, 7) is 0. The van der Waals surface area contributed by atoms with Gasteiger partial charge in [0.15, 0.2) is 0 Å². The smallest absolute Gasteiger partial charge is 0.356 e. The minimum absolute atomic E-state index is 0.0839. The molecular weight excluding hydrogens is 379 g/mol. The zero-order valence-corrected chi connectivity index (χ0v) is 15.5. The number of amides is 1. The maximum Gasteiger partial charge on any atom is 0.356 e. The molecule has 0 saturated heterocycles. The summed E-state index contributed by atoms with van der Waals surface area (Å²) in [4.78, 5) is 24.3. The fraction of sp³-hybridized carbons (Fsp3) is 0.111. The van der Waals surface area contributed by atoms with Gasteiger partial charge in [0.2, 0.25) is 0 Å². The number of carbonyl (C=O) groups excluding carboxylic acids is 2. The van der Waals surface area contributed by atoms with Crippen LogP contribution in [-0.4, -0.2) is 26.1 Å². The summed E-state index contributed by atoms with van der Waals surface area (Å²) < 4.78 is 9.76. The van der Waals surface area contributed by atoms with Gasteiger partial charge in [-0.05, 0) is 42.5 Å². The van der Waals surface area contributed by atoms with E-state index in [0.29, 0.717) is 16.5 Å². The molecule has 0 fully saturated rings. The van der Waals surface area contributed by atoms with E-state index in [2.05, 4.69) is 15.4 Å². The Hall–Kier alpha value is -2.70. The number of carbonyl (C=O) groups is 2. The van der Waals surface area contributed by atoms with Crippen molar-refractivity contribution in [3.05, 3.63) is 70.0 Å². The molecule has 2 aromatic carbocycles. The van der Waals surface area contributed by atoms with Crippen LogP contribution >= 0.6 is 23.2 Å². The number of rotatable bonds is 6. The molecular formula is C18H16Cl2N2O4. The van der Waals surface area contributed by atoms with Crippen LogP contribution in [0.4, 0.5) is 5.69 Å². The van der Waals surface area contributed by atoms with E-state index in [-0.39, 0.29) is 16.3 Å². The van der Waals surface area contributed by atoms with Gasteiger partial charge in [0, 0.05) is 16.9 Å². The summed E-state index contributed by atoms with van der Waals surface area (Å²) in [5.41, 5.74) is 0.778. The van der Waals surface area contributed by atoms with Crippen molar-refractivity contribution in [1.82, 2.24) is 5.32 Å². The molecule has 136 valence electrons. The van der Waals surface area contributed by atoms with Crippen LogP contribution in [0, 0.1) is 0 Å². The van der Waals surface area contributed by atoms with Crippen LogP contribution < -0.4 is 15.4 Å². The van der Waals surface area contributed by atoms with Gasteiger partial charge in [0.25, 0.3) is 5.91 Å². The Kier molecular flexibility index (Phi) is 6.89. The highest BCUT2D eigenvalue weighted by Gasteiger charge is 2.17. The van der Waals surface area contributed by atoms with E-state index in [0.717, 1.165) is 0 Å². The van der Waals surface area contributed by atoms with E-state index in [1.165, 1.54) is 31.5 Å². The molecule has 2 aromatic rings. The zero-order valence-electron chi connectivity index (χ0n) is 14.0. The average Bonchev–Trinajstić information content (AvgIpc) is 2.64. The highest BCUT2D eigenvalue weighted by molar-refractivity contribution is 6.36. The first-order valence-corrected chi connectivity index (χ1v) is 8.15. The molecule has 0 aliphatic carbocycles. The lowest BCUT2D eigenvalue weighted by Gasteiger charge is -2.10. The van der Waals surface area contributed by atoms with E-state index in [9.17, 15) is 9.59 Å². The van der Waals surface area contributed by atoms with Gasteiger partial charge in [-0.3, -0.25) is 4.79 Å². The Morgan fingerprint density at radius 2 is 1.73 bits per heavy atom. The van der Waals surface area contributed by atoms with E-state index in [1.54, 1.807) is 31.4 Å². The summed E-state index contributed by atoms with van der Waals surface area (Å²) in [5, 5.41) is 5.94. The molecule has 0 heterocycles. The first-order chi connectivity index (χ1) is 12.4. The van der Waals surface area contributed by atoms with Gasteiger partial charge in [-0.25, -0.2) is 4.79 Å². The van der Waals surface area contributed by atoms with Gasteiger partial charge < -0.3 is 20.1 Å². The SMILES string of the molecule is COC(=O)/C(=C/Nc1ccc(OC)cc1)NC(=O)c1ccc(Cl)cc1Cl. The van der Waals surface area contributed by atoms with Crippen molar-refractivity contribution in [3.8, 4) is 5.75 Å². The van der Waals surface area contributed by atoms with Crippen LogP contribution in [0.3, 0.4) is 0 Å². The van der Waals surface area contributed by atoms with Crippen LogP contribution in [0.5, 0.6) is 5.75 Å². The van der Waals surface area contributed by atoms with Gasteiger partial charge in [-0.15, -0.1) is 0 Å². The van der Waals surface area contributed by atoms with Crippen LogP contribution in [-0.2, 0) is 9.53 Å². The third-order valence-electron chi connectivity index (χ3n) is 3.30. The normalized spacial score (nSPS) is 10.8. The molecule has 0 bridgehead atoms. The lowest BCUT2D eigenvalue weighted by molar-refractivity contribution is -0.136. The molecule has 2 rings (SSSR count). The van der Waals surface area contributed by atoms with E-state index in [4.69, 9.17) is 27.9 Å². The monoisotopic (exact) mass is 394 g/mol. The highest BCUT2D eigenvalue weighted by atomic mass is 35.5. The molecule has 0 unspecified atom stereocenters.